The first-order valence-corrected chi connectivity index (χ1v) is 10.0. The maximum atomic E-state index is 12.8. The summed E-state index contributed by atoms with van der Waals surface area (Å²) in [6, 6.07) is 16.1. The van der Waals surface area contributed by atoms with Gasteiger partial charge in [0.15, 0.2) is 0 Å². The number of nitrogens with zero attached hydrogens (tertiary/aromatic N) is 2. The summed E-state index contributed by atoms with van der Waals surface area (Å²) in [4.78, 5) is 19.5. The van der Waals surface area contributed by atoms with E-state index in [0.29, 0.717) is 5.92 Å². The van der Waals surface area contributed by atoms with Crippen LogP contribution in [0.15, 0.2) is 48.5 Å². The Labute approximate surface area is 158 Å². The number of carbonyl (C=O) groups is 1. The van der Waals surface area contributed by atoms with Crippen LogP contribution in [0.25, 0.3) is 10.2 Å². The first-order chi connectivity index (χ1) is 11.7. The number of halogens is 1. The normalized spacial score (nSPS) is 18.0. The fraction of sp³-hybridized carbons (Fsp3) is 0.263. The molecule has 0 aliphatic carbocycles. The Hall–Kier alpha value is -1.47. The molecular weight excluding hydrogens is 431 g/mol. The summed E-state index contributed by atoms with van der Waals surface area (Å²) < 4.78 is 2.38. The van der Waals surface area contributed by atoms with E-state index < -0.39 is 0 Å². The molecule has 0 spiro atoms. The molecule has 1 atom stereocenters. The minimum Gasteiger partial charge on any atom is -0.338 e. The van der Waals surface area contributed by atoms with Gasteiger partial charge in [0, 0.05) is 28.1 Å². The van der Waals surface area contributed by atoms with Gasteiger partial charge >= 0.3 is 0 Å². The summed E-state index contributed by atoms with van der Waals surface area (Å²) in [5.41, 5.74) is 1.85. The molecule has 2 aromatic carbocycles. The Morgan fingerprint density at radius 2 is 1.96 bits per heavy atom. The van der Waals surface area contributed by atoms with Crippen LogP contribution in [0.5, 0.6) is 0 Å². The van der Waals surface area contributed by atoms with Gasteiger partial charge in [0.1, 0.15) is 0 Å². The topological polar surface area (TPSA) is 33.2 Å². The smallest absolute Gasteiger partial charge is 0.253 e. The standard InChI is InChI=1S/C19H17IN2OS/c20-15-9-7-13(8-10-15)19(23)22-11-3-4-14(12-22)18-21-16-5-1-2-6-17(16)24-18/h1-2,5-10,14H,3-4,11-12H2. The van der Waals surface area contributed by atoms with Gasteiger partial charge in [0.2, 0.25) is 0 Å². The Kier molecular flexibility index (Phi) is 4.54. The maximum absolute atomic E-state index is 12.8. The number of carbonyl (C=O) groups excluding carboxylic acids is 1. The molecule has 1 aliphatic heterocycles. The SMILES string of the molecule is O=C(c1ccc(I)cc1)N1CCCC(c2nc3ccccc3s2)C1. The van der Waals surface area contributed by atoms with E-state index in [0.717, 1.165) is 45.6 Å². The number of aromatic nitrogens is 1. The van der Waals surface area contributed by atoms with Crippen LogP contribution in [0.3, 0.4) is 0 Å². The lowest BCUT2D eigenvalue weighted by atomic mass is 9.98. The molecule has 0 bridgehead atoms. The van der Waals surface area contributed by atoms with Crippen LogP contribution >= 0.6 is 33.9 Å². The number of amides is 1. The van der Waals surface area contributed by atoms with E-state index in [9.17, 15) is 4.79 Å². The third-order valence-corrected chi connectivity index (χ3v) is 6.38. The minimum absolute atomic E-state index is 0.136. The number of likely N-dealkylation sites (tertiary alicyclic amines) is 1. The zero-order chi connectivity index (χ0) is 16.5. The lowest BCUT2D eigenvalue weighted by molar-refractivity contribution is 0.0707. The van der Waals surface area contributed by atoms with Crippen LogP contribution in [-0.4, -0.2) is 28.9 Å². The van der Waals surface area contributed by atoms with Gasteiger partial charge in [-0.25, -0.2) is 4.98 Å². The molecule has 2 heterocycles. The summed E-state index contributed by atoms with van der Waals surface area (Å²) in [5, 5.41) is 1.16. The average Bonchev–Trinajstić information content (AvgIpc) is 3.06. The maximum Gasteiger partial charge on any atom is 0.253 e. The molecule has 0 radical (unpaired) electrons. The summed E-state index contributed by atoms with van der Waals surface area (Å²) in [7, 11) is 0. The van der Waals surface area contributed by atoms with Crippen LogP contribution in [-0.2, 0) is 0 Å². The highest BCUT2D eigenvalue weighted by Gasteiger charge is 2.27. The molecule has 122 valence electrons. The van der Waals surface area contributed by atoms with Crippen molar-refractivity contribution < 1.29 is 4.79 Å². The second-order valence-corrected chi connectivity index (χ2v) is 8.42. The van der Waals surface area contributed by atoms with Crippen LogP contribution in [0.2, 0.25) is 0 Å². The van der Waals surface area contributed by atoms with Crippen LogP contribution in [0.4, 0.5) is 0 Å². The van der Waals surface area contributed by atoms with Crippen molar-refractivity contribution in [1.82, 2.24) is 9.88 Å². The largest absolute Gasteiger partial charge is 0.338 e. The van der Waals surface area contributed by atoms with Gasteiger partial charge in [-0.15, -0.1) is 11.3 Å². The fourth-order valence-electron chi connectivity index (χ4n) is 3.20. The third kappa shape index (κ3) is 3.19. The minimum atomic E-state index is 0.136. The number of para-hydroxylation sites is 1. The summed E-state index contributed by atoms with van der Waals surface area (Å²) in [5.74, 6) is 0.487. The molecule has 3 aromatic rings. The average molecular weight is 448 g/mol. The van der Waals surface area contributed by atoms with E-state index in [1.165, 1.54) is 4.70 Å². The van der Waals surface area contributed by atoms with Crippen LogP contribution < -0.4 is 0 Å². The molecular formula is C19H17IN2OS. The van der Waals surface area contributed by atoms with Crippen molar-refractivity contribution in [1.29, 1.82) is 0 Å². The molecule has 0 N–H and O–H groups in total. The number of fused-ring (bicyclic) bond motifs is 1. The number of piperidine rings is 1. The molecule has 1 saturated heterocycles. The molecule has 5 heteroatoms. The van der Waals surface area contributed by atoms with E-state index in [1.54, 1.807) is 11.3 Å². The molecule has 1 fully saturated rings. The number of rotatable bonds is 2. The van der Waals surface area contributed by atoms with Gasteiger partial charge in [-0.3, -0.25) is 4.79 Å². The zero-order valence-corrected chi connectivity index (χ0v) is 16.1. The van der Waals surface area contributed by atoms with Gasteiger partial charge < -0.3 is 4.90 Å². The van der Waals surface area contributed by atoms with Crippen molar-refractivity contribution in [3.63, 3.8) is 0 Å². The van der Waals surface area contributed by atoms with Crippen molar-refractivity contribution in [2.24, 2.45) is 0 Å². The quantitative estimate of drug-likeness (QED) is 0.522. The summed E-state index contributed by atoms with van der Waals surface area (Å²) in [6.45, 7) is 1.61. The Balaban J connectivity index is 1.54. The lowest BCUT2D eigenvalue weighted by Crippen LogP contribution is -2.39. The number of benzene rings is 2. The Bertz CT molecular complexity index is 841. The summed E-state index contributed by atoms with van der Waals surface area (Å²) in [6.07, 6.45) is 2.15. The molecule has 4 rings (SSSR count). The van der Waals surface area contributed by atoms with E-state index >= 15 is 0 Å². The molecule has 24 heavy (non-hydrogen) atoms. The second-order valence-electron chi connectivity index (χ2n) is 6.12. The van der Waals surface area contributed by atoms with Gasteiger partial charge in [0.05, 0.1) is 15.2 Å². The first kappa shape index (κ1) is 16.0. The number of thiazole rings is 1. The third-order valence-electron chi connectivity index (χ3n) is 4.46. The van der Waals surface area contributed by atoms with Gasteiger partial charge in [-0.05, 0) is 71.8 Å². The van der Waals surface area contributed by atoms with E-state index in [4.69, 9.17) is 4.98 Å². The van der Waals surface area contributed by atoms with Crippen molar-refractivity contribution in [3.8, 4) is 0 Å². The molecule has 1 unspecified atom stereocenters. The first-order valence-electron chi connectivity index (χ1n) is 8.11. The highest BCUT2D eigenvalue weighted by Crippen LogP contribution is 2.33. The monoisotopic (exact) mass is 448 g/mol. The van der Waals surface area contributed by atoms with Gasteiger partial charge in [-0.1, -0.05) is 12.1 Å². The van der Waals surface area contributed by atoms with E-state index in [2.05, 4.69) is 40.8 Å². The Morgan fingerprint density at radius 3 is 2.75 bits per heavy atom. The van der Waals surface area contributed by atoms with Crippen molar-refractivity contribution in [2.75, 3.05) is 13.1 Å². The molecule has 1 aliphatic rings. The molecule has 0 saturated carbocycles. The van der Waals surface area contributed by atoms with Crippen molar-refractivity contribution in [2.45, 2.75) is 18.8 Å². The number of hydrogen-bond acceptors (Lipinski definition) is 3. The predicted octanol–water partition coefficient (Wildman–Crippen LogP) is 4.92. The van der Waals surface area contributed by atoms with E-state index in [-0.39, 0.29) is 5.91 Å². The van der Waals surface area contributed by atoms with E-state index in [1.807, 2.05) is 35.2 Å². The van der Waals surface area contributed by atoms with Gasteiger partial charge in [-0.2, -0.15) is 0 Å². The molecule has 1 aromatic heterocycles. The Morgan fingerprint density at radius 1 is 1.17 bits per heavy atom. The van der Waals surface area contributed by atoms with Crippen molar-refractivity contribution in [3.05, 3.63) is 62.7 Å². The summed E-state index contributed by atoms with van der Waals surface area (Å²) >= 11 is 4.03. The van der Waals surface area contributed by atoms with Crippen LogP contribution in [0, 0.1) is 3.57 Å². The highest BCUT2D eigenvalue weighted by atomic mass is 127. The predicted molar refractivity (Wildman–Crippen MR) is 107 cm³/mol. The number of hydrogen-bond donors (Lipinski definition) is 0. The van der Waals surface area contributed by atoms with Gasteiger partial charge in [0.25, 0.3) is 5.91 Å². The fourth-order valence-corrected chi connectivity index (χ4v) is 4.66. The van der Waals surface area contributed by atoms with Crippen molar-refractivity contribution >= 4 is 50.1 Å². The molecule has 3 nitrogen and oxygen atoms in total. The molecule has 1 amide bonds. The highest BCUT2D eigenvalue weighted by molar-refractivity contribution is 14.1. The second kappa shape index (κ2) is 6.80. The zero-order valence-electron chi connectivity index (χ0n) is 13.1. The van der Waals surface area contributed by atoms with Crippen LogP contribution in [0.1, 0.15) is 34.1 Å². The lowest BCUT2D eigenvalue weighted by Gasteiger charge is -2.32.